The van der Waals surface area contributed by atoms with Gasteiger partial charge in [0.2, 0.25) is 0 Å². The second-order valence-corrected chi connectivity index (χ2v) is 6.88. The predicted octanol–water partition coefficient (Wildman–Crippen LogP) is 4.49. The van der Waals surface area contributed by atoms with E-state index < -0.39 is 0 Å². The highest BCUT2D eigenvalue weighted by molar-refractivity contribution is 6.04. The van der Waals surface area contributed by atoms with Crippen molar-refractivity contribution in [2.75, 3.05) is 11.9 Å². The first kappa shape index (κ1) is 18.0. The average Bonchev–Trinajstić information content (AvgIpc) is 2.98. The van der Waals surface area contributed by atoms with Crippen molar-refractivity contribution in [1.29, 1.82) is 0 Å². The van der Waals surface area contributed by atoms with Gasteiger partial charge in [0.25, 0.3) is 5.91 Å². The van der Waals surface area contributed by atoms with Crippen LogP contribution in [0, 0.1) is 12.8 Å². The quantitative estimate of drug-likeness (QED) is 0.712. The van der Waals surface area contributed by atoms with E-state index in [0.29, 0.717) is 24.6 Å². The zero-order valence-corrected chi connectivity index (χ0v) is 15.7. The molecule has 2 aromatic heterocycles. The fraction of sp³-hybridized carbons (Fsp3) is 0.333. The molecule has 0 bridgehead atoms. The molecule has 1 amide bonds. The van der Waals surface area contributed by atoms with Crippen molar-refractivity contribution in [1.82, 2.24) is 9.38 Å². The van der Waals surface area contributed by atoms with E-state index in [1.54, 1.807) is 0 Å². The molecule has 1 aromatic carbocycles. The van der Waals surface area contributed by atoms with E-state index in [4.69, 9.17) is 4.74 Å². The topological polar surface area (TPSA) is 55.6 Å². The Balaban J connectivity index is 1.81. The molecule has 0 atom stereocenters. The molecule has 0 unspecified atom stereocenters. The summed E-state index contributed by atoms with van der Waals surface area (Å²) in [6, 6.07) is 11.4. The molecule has 3 rings (SSSR count). The number of amides is 1. The molecule has 136 valence electrons. The number of rotatable bonds is 6. The maximum atomic E-state index is 12.9. The highest BCUT2D eigenvalue weighted by atomic mass is 16.5. The van der Waals surface area contributed by atoms with Gasteiger partial charge in [-0.3, -0.25) is 9.20 Å². The van der Waals surface area contributed by atoms with Crippen LogP contribution in [0.4, 0.5) is 5.69 Å². The smallest absolute Gasteiger partial charge is 0.274 e. The molecule has 1 N–H and O–H groups in total. The summed E-state index contributed by atoms with van der Waals surface area (Å²) in [5.41, 5.74) is 4.03. The van der Waals surface area contributed by atoms with Crippen LogP contribution in [0.25, 0.3) is 5.65 Å². The van der Waals surface area contributed by atoms with Crippen molar-refractivity contribution in [3.63, 3.8) is 0 Å². The lowest BCUT2D eigenvalue weighted by Gasteiger charge is -2.10. The first-order valence-corrected chi connectivity index (χ1v) is 8.99. The van der Waals surface area contributed by atoms with Gasteiger partial charge in [-0.25, -0.2) is 4.98 Å². The summed E-state index contributed by atoms with van der Waals surface area (Å²) in [5.74, 6) is 1.12. The summed E-state index contributed by atoms with van der Waals surface area (Å²) in [6.07, 6.45) is 2.60. The summed E-state index contributed by atoms with van der Waals surface area (Å²) in [4.78, 5) is 17.4. The maximum absolute atomic E-state index is 12.9. The number of carbonyl (C=O) groups excluding carboxylic acids is 1. The number of benzene rings is 1. The number of fused-ring (bicyclic) bond motifs is 1. The normalized spacial score (nSPS) is 11.1. The number of aromatic nitrogens is 2. The first-order valence-electron chi connectivity index (χ1n) is 8.99. The van der Waals surface area contributed by atoms with Crippen molar-refractivity contribution >= 4 is 17.2 Å². The minimum Gasteiger partial charge on any atom is -0.493 e. The number of carbonyl (C=O) groups is 1. The van der Waals surface area contributed by atoms with Gasteiger partial charge in [-0.05, 0) is 61.2 Å². The fourth-order valence-corrected chi connectivity index (χ4v) is 2.77. The Labute approximate surface area is 154 Å². The van der Waals surface area contributed by atoms with E-state index in [2.05, 4.69) is 24.1 Å². The van der Waals surface area contributed by atoms with Gasteiger partial charge in [0.15, 0.2) is 0 Å². The lowest BCUT2D eigenvalue weighted by molar-refractivity contribution is 0.102. The monoisotopic (exact) mass is 351 g/mol. The Bertz CT molecular complexity index is 911. The molecule has 0 saturated heterocycles. The lowest BCUT2D eigenvalue weighted by atomic mass is 10.2. The van der Waals surface area contributed by atoms with Gasteiger partial charge in [0, 0.05) is 11.9 Å². The van der Waals surface area contributed by atoms with Crippen molar-refractivity contribution < 1.29 is 9.53 Å². The van der Waals surface area contributed by atoms with Crippen LogP contribution in [0.2, 0.25) is 0 Å². The minimum atomic E-state index is -0.158. The summed E-state index contributed by atoms with van der Waals surface area (Å²) in [5, 5.41) is 2.96. The van der Waals surface area contributed by atoms with Crippen LogP contribution in [0.3, 0.4) is 0 Å². The van der Waals surface area contributed by atoms with Gasteiger partial charge in [0.05, 0.1) is 12.3 Å². The minimum absolute atomic E-state index is 0.158. The van der Waals surface area contributed by atoms with Gasteiger partial charge < -0.3 is 10.1 Å². The van der Waals surface area contributed by atoms with Crippen molar-refractivity contribution in [3.8, 4) is 5.75 Å². The molecule has 0 fully saturated rings. The van der Waals surface area contributed by atoms with Crippen LogP contribution in [0.1, 0.15) is 42.5 Å². The second kappa shape index (κ2) is 7.60. The summed E-state index contributed by atoms with van der Waals surface area (Å²) < 4.78 is 7.53. The molecular formula is C21H25N3O2. The molecule has 0 aliphatic rings. The van der Waals surface area contributed by atoms with Gasteiger partial charge >= 0.3 is 0 Å². The molecule has 0 aliphatic heterocycles. The van der Waals surface area contributed by atoms with Crippen molar-refractivity contribution in [2.45, 2.75) is 34.1 Å². The van der Waals surface area contributed by atoms with Gasteiger partial charge in [0.1, 0.15) is 17.1 Å². The summed E-state index contributed by atoms with van der Waals surface area (Å²) in [7, 11) is 0. The largest absolute Gasteiger partial charge is 0.493 e. The number of ether oxygens (including phenoxy) is 1. The number of nitrogens with one attached hydrogen (secondary N) is 1. The molecule has 5 heteroatoms. The number of pyridine rings is 1. The number of hydrogen-bond acceptors (Lipinski definition) is 3. The third kappa shape index (κ3) is 3.87. The van der Waals surface area contributed by atoms with Gasteiger partial charge in [-0.2, -0.15) is 0 Å². The number of hydrogen-bond donors (Lipinski definition) is 1. The second-order valence-electron chi connectivity index (χ2n) is 6.88. The van der Waals surface area contributed by atoms with Crippen molar-refractivity contribution in [3.05, 3.63) is 59.5 Å². The summed E-state index contributed by atoms with van der Waals surface area (Å²) in [6.45, 7) is 8.91. The lowest BCUT2D eigenvalue weighted by Crippen LogP contribution is -2.16. The maximum Gasteiger partial charge on any atom is 0.274 e. The van der Waals surface area contributed by atoms with Crippen molar-refractivity contribution in [2.24, 2.45) is 5.92 Å². The van der Waals surface area contributed by atoms with Crippen LogP contribution in [0.5, 0.6) is 5.75 Å². The van der Waals surface area contributed by atoms with Crippen LogP contribution in [-0.4, -0.2) is 21.9 Å². The number of nitrogens with zero attached hydrogens (tertiary/aromatic N) is 2. The standard InChI is InChI=1S/C21H25N3O2/c1-5-18-20(24-11-10-15(4)12-19(24)23-18)21(25)22-16-6-8-17(9-7-16)26-13-14(2)3/h6-12,14H,5,13H2,1-4H3,(H,22,25). The zero-order chi connectivity index (χ0) is 18.7. The molecular weight excluding hydrogens is 326 g/mol. The molecule has 2 heterocycles. The Hall–Kier alpha value is -2.82. The molecule has 0 spiro atoms. The van der Waals surface area contributed by atoms with E-state index in [0.717, 1.165) is 28.3 Å². The SMILES string of the molecule is CCc1nc2cc(C)ccn2c1C(=O)Nc1ccc(OCC(C)C)cc1. The Kier molecular flexibility index (Phi) is 5.26. The Morgan fingerprint density at radius 1 is 1.23 bits per heavy atom. The third-order valence-electron chi connectivity index (χ3n) is 4.10. The fourth-order valence-electron chi connectivity index (χ4n) is 2.77. The molecule has 0 saturated carbocycles. The van der Waals surface area contributed by atoms with Gasteiger partial charge in [-0.1, -0.05) is 20.8 Å². The van der Waals surface area contributed by atoms with E-state index in [-0.39, 0.29) is 5.91 Å². The van der Waals surface area contributed by atoms with E-state index >= 15 is 0 Å². The van der Waals surface area contributed by atoms with E-state index in [1.807, 2.05) is 60.8 Å². The molecule has 26 heavy (non-hydrogen) atoms. The molecule has 3 aromatic rings. The van der Waals surface area contributed by atoms with Crippen LogP contribution in [0.15, 0.2) is 42.6 Å². The van der Waals surface area contributed by atoms with Crippen LogP contribution < -0.4 is 10.1 Å². The zero-order valence-electron chi connectivity index (χ0n) is 15.7. The number of imidazole rings is 1. The average molecular weight is 351 g/mol. The summed E-state index contributed by atoms with van der Waals surface area (Å²) >= 11 is 0. The van der Waals surface area contributed by atoms with Crippen LogP contribution >= 0.6 is 0 Å². The molecule has 0 aliphatic carbocycles. The van der Waals surface area contributed by atoms with E-state index in [9.17, 15) is 4.79 Å². The number of anilines is 1. The van der Waals surface area contributed by atoms with E-state index in [1.165, 1.54) is 0 Å². The molecule has 0 radical (unpaired) electrons. The first-order chi connectivity index (χ1) is 12.5. The predicted molar refractivity (Wildman–Crippen MR) is 104 cm³/mol. The third-order valence-corrected chi connectivity index (χ3v) is 4.10. The highest BCUT2D eigenvalue weighted by Crippen LogP contribution is 2.19. The Morgan fingerprint density at radius 2 is 1.96 bits per heavy atom. The van der Waals surface area contributed by atoms with Crippen LogP contribution in [-0.2, 0) is 6.42 Å². The van der Waals surface area contributed by atoms with Gasteiger partial charge in [-0.15, -0.1) is 0 Å². The molecule has 5 nitrogen and oxygen atoms in total. The number of aryl methyl sites for hydroxylation is 2. The Morgan fingerprint density at radius 3 is 2.62 bits per heavy atom. The highest BCUT2D eigenvalue weighted by Gasteiger charge is 2.18.